The summed E-state index contributed by atoms with van der Waals surface area (Å²) in [6, 6.07) is 0. The minimum Gasteiger partial charge on any atom is -0.501 e. The summed E-state index contributed by atoms with van der Waals surface area (Å²) in [4.78, 5) is 8.25. The van der Waals surface area contributed by atoms with E-state index in [1.807, 2.05) is 6.92 Å². The van der Waals surface area contributed by atoms with E-state index in [1.54, 1.807) is 12.3 Å². The summed E-state index contributed by atoms with van der Waals surface area (Å²) >= 11 is 0. The highest BCUT2D eigenvalue weighted by Crippen LogP contribution is 2.51. The lowest BCUT2D eigenvalue weighted by Crippen LogP contribution is -2.67. The molecule has 4 unspecified atom stereocenters. The first-order valence-corrected chi connectivity index (χ1v) is 9.82. The third-order valence-electron chi connectivity index (χ3n) is 6.42. The minimum atomic E-state index is -2.96. The van der Waals surface area contributed by atoms with Crippen molar-refractivity contribution in [2.24, 2.45) is 5.92 Å². The number of hydrogen-bond donors (Lipinski definition) is 6. The molecule has 0 bridgehead atoms. The highest BCUT2D eigenvalue weighted by Gasteiger charge is 2.76. The van der Waals surface area contributed by atoms with Gasteiger partial charge in [0.25, 0.3) is 0 Å². The molecule has 3 rings (SSSR count). The van der Waals surface area contributed by atoms with Crippen molar-refractivity contribution < 1.29 is 30.3 Å². The van der Waals surface area contributed by atoms with Gasteiger partial charge in [0.1, 0.15) is 25.5 Å². The quantitative estimate of drug-likeness (QED) is 0.148. The maximum Gasteiger partial charge on any atom is 0.207 e. The number of ether oxygens (including phenoxy) is 1. The van der Waals surface area contributed by atoms with Gasteiger partial charge in [-0.15, -0.1) is 0 Å². The number of anilines is 1. The van der Waals surface area contributed by atoms with E-state index < -0.39 is 28.2 Å². The van der Waals surface area contributed by atoms with E-state index in [0.717, 1.165) is 15.7 Å². The summed E-state index contributed by atoms with van der Waals surface area (Å²) < 4.78 is 6.63. The summed E-state index contributed by atoms with van der Waals surface area (Å²) in [5, 5.41) is 57.4. The fraction of sp³-hybridized carbons (Fsp3) is 0.471. The van der Waals surface area contributed by atoms with Crippen LogP contribution in [0.25, 0.3) is 17.3 Å². The first-order valence-electron chi connectivity index (χ1n) is 9.82. The van der Waals surface area contributed by atoms with E-state index in [0.29, 0.717) is 23.4 Å². The number of nitrogens with zero attached hydrogens (tertiary/aromatic N) is 4. The van der Waals surface area contributed by atoms with E-state index in [2.05, 4.69) is 15.1 Å². The van der Waals surface area contributed by atoms with Crippen LogP contribution in [0, 0.1) is 5.92 Å². The van der Waals surface area contributed by atoms with Gasteiger partial charge in [-0.3, -0.25) is 4.68 Å². The highest BCUT2D eigenvalue weighted by atomic mass is 16.6. The zero-order valence-electron chi connectivity index (χ0n) is 17.9. The lowest BCUT2D eigenvalue weighted by molar-refractivity contribution is -0.289. The highest BCUT2D eigenvalue weighted by molar-refractivity contribution is 6.29. The van der Waals surface area contributed by atoms with Crippen LogP contribution >= 0.6 is 0 Å². The minimum absolute atomic E-state index is 0.121. The molecule has 0 amide bonds. The molecule has 31 heavy (non-hydrogen) atoms. The van der Waals surface area contributed by atoms with Crippen molar-refractivity contribution in [1.29, 1.82) is 0 Å². The molecule has 0 aromatic carbocycles. The number of nitrogen functional groups attached to an aromatic ring is 1. The van der Waals surface area contributed by atoms with E-state index in [4.69, 9.17) is 10.5 Å². The Labute approximate surface area is 181 Å². The third kappa shape index (κ3) is 3.44. The van der Waals surface area contributed by atoms with E-state index in [-0.39, 0.29) is 12.4 Å². The predicted molar refractivity (Wildman–Crippen MR) is 119 cm³/mol. The lowest BCUT2D eigenvalue weighted by atomic mass is 9.57. The van der Waals surface area contributed by atoms with Gasteiger partial charge in [-0.2, -0.15) is 5.10 Å². The first kappa shape index (κ1) is 23.3. The molecular weight excluding hydrogens is 403 g/mol. The Morgan fingerprint density at radius 2 is 1.84 bits per heavy atom. The molecule has 0 saturated heterocycles. The first-order chi connectivity index (χ1) is 14.3. The number of aliphatic hydroxyl groups is 5. The summed E-state index contributed by atoms with van der Waals surface area (Å²) in [7, 11) is 3.46. The maximum absolute atomic E-state index is 10.9. The van der Waals surface area contributed by atoms with E-state index in [1.165, 1.54) is 31.3 Å². The van der Waals surface area contributed by atoms with E-state index in [9.17, 15) is 25.5 Å². The Morgan fingerprint density at radius 3 is 2.42 bits per heavy atom. The zero-order chi connectivity index (χ0) is 23.2. The molecule has 0 aliphatic heterocycles. The fourth-order valence-electron chi connectivity index (χ4n) is 4.12. The van der Waals surface area contributed by atoms with Crippen molar-refractivity contribution in [2.75, 3.05) is 12.3 Å². The van der Waals surface area contributed by atoms with Crippen LogP contribution in [0.15, 0.2) is 25.0 Å². The largest absolute Gasteiger partial charge is 0.501 e. The molecule has 164 valence electrons. The second kappa shape index (κ2) is 7.64. The molecule has 1 fully saturated rings. The van der Waals surface area contributed by atoms with Crippen molar-refractivity contribution >= 4 is 35.4 Å². The van der Waals surface area contributed by atoms with Gasteiger partial charge >= 0.3 is 0 Å². The molecule has 14 heteroatoms. The maximum atomic E-state index is 10.9. The van der Waals surface area contributed by atoms with Crippen LogP contribution in [-0.4, -0.2) is 97.7 Å². The summed E-state index contributed by atoms with van der Waals surface area (Å²) in [5.41, 5.74) is 0.891. The second-order valence-electron chi connectivity index (χ2n) is 8.32. The molecule has 0 radical (unpaired) electrons. The Hall–Kier alpha value is -2.38. The van der Waals surface area contributed by atoms with E-state index >= 15 is 0 Å². The molecule has 2 aromatic rings. The van der Waals surface area contributed by atoms with Gasteiger partial charge < -0.3 is 36.0 Å². The number of aromatic nitrogens is 4. The molecule has 2 aromatic heterocycles. The third-order valence-corrected chi connectivity index (χ3v) is 6.42. The molecule has 1 aliphatic rings. The van der Waals surface area contributed by atoms with Gasteiger partial charge in [0, 0.05) is 29.8 Å². The topological polar surface area (TPSA) is 180 Å². The summed E-state index contributed by atoms with van der Waals surface area (Å²) in [6.07, 6.45) is 7.56. The van der Waals surface area contributed by atoms with Gasteiger partial charge in [0.2, 0.25) is 5.79 Å². The Kier molecular flexibility index (Phi) is 5.74. The van der Waals surface area contributed by atoms with Crippen molar-refractivity contribution in [3.8, 4) is 11.3 Å². The number of hydrogen-bond acceptors (Lipinski definition) is 10. The molecule has 4 atom stereocenters. The molecule has 7 N–H and O–H groups in total. The van der Waals surface area contributed by atoms with Gasteiger partial charge in [0.15, 0.2) is 15.7 Å². The fourth-order valence-corrected chi connectivity index (χ4v) is 4.12. The van der Waals surface area contributed by atoms with Gasteiger partial charge in [-0.1, -0.05) is 0 Å². The van der Waals surface area contributed by atoms with Crippen LogP contribution in [0.4, 0.5) is 5.82 Å². The van der Waals surface area contributed by atoms with Crippen LogP contribution in [-0.2, 0) is 11.3 Å². The van der Waals surface area contributed by atoms with Crippen molar-refractivity contribution in [1.82, 2.24) is 19.7 Å². The van der Waals surface area contributed by atoms with Crippen LogP contribution in [0.2, 0.25) is 0 Å². The van der Waals surface area contributed by atoms with Gasteiger partial charge in [-0.05, 0) is 13.0 Å². The smallest absolute Gasteiger partial charge is 0.207 e. The standard InChI is InChI=1S/C17H26B3N5O6/c1-2-31-4-3-10-12(22-8-23-13(10)21)9-5-24-25(6-9)7-11-14(18,26)16(20,28)17(29,30)15(11,19)27/h3-6,8,11,26-30H,2,7,18-20H2,1H3,(H2,21,22,23)/b4-3+. The van der Waals surface area contributed by atoms with Crippen LogP contribution in [0.1, 0.15) is 12.5 Å². The molecular formula is C17H26B3N5O6. The van der Waals surface area contributed by atoms with Crippen LogP contribution in [0.3, 0.4) is 0 Å². The lowest BCUT2D eigenvalue weighted by Gasteiger charge is -2.40. The summed E-state index contributed by atoms with van der Waals surface area (Å²) in [5.74, 6) is -3.88. The second-order valence-corrected chi connectivity index (χ2v) is 8.32. The van der Waals surface area contributed by atoms with Crippen LogP contribution < -0.4 is 5.73 Å². The van der Waals surface area contributed by atoms with Gasteiger partial charge in [-0.25, -0.2) is 9.97 Å². The molecule has 11 nitrogen and oxygen atoms in total. The Bertz CT molecular complexity index is 968. The zero-order valence-corrected chi connectivity index (χ0v) is 17.9. The van der Waals surface area contributed by atoms with Gasteiger partial charge in [0.05, 0.1) is 35.8 Å². The van der Waals surface area contributed by atoms with Crippen molar-refractivity contribution in [2.45, 2.75) is 35.8 Å². The molecule has 2 heterocycles. The normalized spacial score (nSPS) is 32.5. The Morgan fingerprint density at radius 1 is 1.16 bits per heavy atom. The monoisotopic (exact) mass is 429 g/mol. The molecule has 1 saturated carbocycles. The molecule has 1 aliphatic carbocycles. The van der Waals surface area contributed by atoms with Crippen molar-refractivity contribution in [3.63, 3.8) is 0 Å². The summed E-state index contributed by atoms with van der Waals surface area (Å²) in [6.45, 7) is 2.21. The van der Waals surface area contributed by atoms with Crippen LogP contribution in [0.5, 0.6) is 0 Å². The van der Waals surface area contributed by atoms with Crippen molar-refractivity contribution in [3.05, 3.63) is 30.5 Å². The number of nitrogens with two attached hydrogens (primary N) is 1. The average molecular weight is 429 g/mol. The molecule has 0 spiro atoms. The SMILES string of the molecule is BC1(O)C(Cn2cc(-c3ncnc(N)c3/C=C/OCC)cn2)C(B)(O)C(O)(O)C1(B)O. The number of rotatable bonds is 6. The predicted octanol–water partition coefficient (Wildman–Crippen LogP) is -4.79. The Balaban J connectivity index is 1.96. The average Bonchev–Trinajstić information content (AvgIpc) is 3.17.